The van der Waals surface area contributed by atoms with Crippen molar-refractivity contribution in [3.63, 3.8) is 0 Å². The maximum atomic E-state index is 10.6. The molecule has 0 fully saturated rings. The van der Waals surface area contributed by atoms with E-state index in [0.29, 0.717) is 0 Å². The molecular weight excluding hydrogens is 332 g/mol. The van der Waals surface area contributed by atoms with Crippen LogP contribution in [-0.4, -0.2) is 37.5 Å². The molecule has 0 radical (unpaired) electrons. The van der Waals surface area contributed by atoms with Gasteiger partial charge in [-0.2, -0.15) is 0 Å². The Morgan fingerprint density at radius 1 is 0.760 bits per heavy atom. The topological polar surface area (TPSA) is 105 Å². The highest BCUT2D eigenvalue weighted by Crippen LogP contribution is 1.91. The minimum atomic E-state index is -0.610. The second-order valence-electron chi connectivity index (χ2n) is 3.39. The predicted molar refractivity (Wildman–Crippen MR) is 97.4 cm³/mol. The van der Waals surface area contributed by atoms with Crippen LogP contribution in [0, 0.1) is 0 Å². The summed E-state index contributed by atoms with van der Waals surface area (Å²) >= 11 is 0. The summed E-state index contributed by atoms with van der Waals surface area (Å²) < 4.78 is 17.4. The molecule has 0 heterocycles. The third-order valence-electron chi connectivity index (χ3n) is 1.43. The van der Waals surface area contributed by atoms with Crippen LogP contribution in [0.15, 0.2) is 24.8 Å². The number of esters is 4. The Labute approximate surface area is 151 Å². The van der Waals surface area contributed by atoms with Gasteiger partial charge in [-0.25, -0.2) is 9.59 Å². The molecule has 150 valence electrons. The molecule has 0 saturated carbocycles. The molecule has 0 amide bonds. The normalized spacial score (nSPS) is 7.00. The standard InChI is InChI=1S/C7H10O4.C6H8O4.4CH4/c1-5(2)7(9)11-4-10-6(3)8;1-3-6(8)10-4-9-5(2)7;;;;/h1,4H2,2-3H3;3H,1,4H2,2H3;4*1H4. The van der Waals surface area contributed by atoms with E-state index in [0.717, 1.165) is 6.08 Å². The van der Waals surface area contributed by atoms with Crippen LogP contribution in [0.5, 0.6) is 0 Å². The maximum absolute atomic E-state index is 10.6. The molecule has 0 aromatic rings. The van der Waals surface area contributed by atoms with Crippen molar-refractivity contribution in [1.29, 1.82) is 0 Å². The van der Waals surface area contributed by atoms with Crippen molar-refractivity contribution in [1.82, 2.24) is 0 Å². The van der Waals surface area contributed by atoms with Crippen LogP contribution in [0.4, 0.5) is 0 Å². The van der Waals surface area contributed by atoms with Gasteiger partial charge in [0.1, 0.15) is 0 Å². The lowest BCUT2D eigenvalue weighted by Gasteiger charge is -2.02. The first-order valence-corrected chi connectivity index (χ1v) is 5.59. The lowest BCUT2D eigenvalue weighted by Crippen LogP contribution is -2.10. The van der Waals surface area contributed by atoms with Crippen molar-refractivity contribution < 1.29 is 38.1 Å². The highest BCUT2D eigenvalue weighted by Gasteiger charge is 2.02. The molecule has 0 aliphatic carbocycles. The predicted octanol–water partition coefficient (Wildman–Crippen LogP) is 3.41. The van der Waals surface area contributed by atoms with E-state index >= 15 is 0 Å². The van der Waals surface area contributed by atoms with Crippen LogP contribution in [-0.2, 0) is 38.1 Å². The molecule has 0 N–H and O–H groups in total. The van der Waals surface area contributed by atoms with Gasteiger partial charge in [0.2, 0.25) is 13.6 Å². The third kappa shape index (κ3) is 33.9. The van der Waals surface area contributed by atoms with Gasteiger partial charge in [-0.15, -0.1) is 0 Å². The summed E-state index contributed by atoms with van der Waals surface area (Å²) in [6.45, 7) is 9.75. The number of hydrogen-bond donors (Lipinski definition) is 0. The molecule has 0 saturated heterocycles. The van der Waals surface area contributed by atoms with Gasteiger partial charge in [0.15, 0.2) is 0 Å². The first-order valence-electron chi connectivity index (χ1n) is 5.59. The molecule has 8 nitrogen and oxygen atoms in total. The van der Waals surface area contributed by atoms with Crippen LogP contribution in [0.3, 0.4) is 0 Å². The monoisotopic (exact) mass is 366 g/mol. The summed E-state index contributed by atoms with van der Waals surface area (Å²) in [5, 5.41) is 0. The van der Waals surface area contributed by atoms with E-state index in [4.69, 9.17) is 0 Å². The lowest BCUT2D eigenvalue weighted by molar-refractivity contribution is -0.164. The highest BCUT2D eigenvalue weighted by molar-refractivity contribution is 5.86. The molecular formula is C17H34O8. The van der Waals surface area contributed by atoms with Gasteiger partial charge in [-0.3, -0.25) is 9.59 Å². The van der Waals surface area contributed by atoms with Crippen molar-refractivity contribution in [3.05, 3.63) is 24.8 Å². The fourth-order valence-electron chi connectivity index (χ4n) is 0.519. The summed E-state index contributed by atoms with van der Waals surface area (Å²) in [5.41, 5.74) is 0.275. The van der Waals surface area contributed by atoms with Gasteiger partial charge in [0.05, 0.1) is 0 Å². The molecule has 0 rings (SSSR count). The van der Waals surface area contributed by atoms with E-state index in [-0.39, 0.29) is 48.9 Å². The van der Waals surface area contributed by atoms with Gasteiger partial charge in [0.25, 0.3) is 0 Å². The van der Waals surface area contributed by atoms with E-state index < -0.39 is 23.9 Å². The van der Waals surface area contributed by atoms with Crippen LogP contribution >= 0.6 is 0 Å². The molecule has 0 unspecified atom stereocenters. The summed E-state index contributed by atoms with van der Waals surface area (Å²) in [7, 11) is 0. The van der Waals surface area contributed by atoms with E-state index in [1.54, 1.807) is 0 Å². The van der Waals surface area contributed by atoms with Crippen LogP contribution in [0.2, 0.25) is 0 Å². The Bertz CT molecular complexity index is 413. The molecule has 0 aromatic carbocycles. The molecule has 0 aliphatic rings. The largest absolute Gasteiger partial charge is 0.428 e. The fraction of sp³-hybridized carbons (Fsp3) is 0.529. The molecule has 0 spiro atoms. The van der Waals surface area contributed by atoms with E-state index in [1.807, 2.05) is 0 Å². The maximum Gasteiger partial charge on any atom is 0.335 e. The zero-order chi connectivity index (χ0) is 16.8. The van der Waals surface area contributed by atoms with Gasteiger partial charge < -0.3 is 18.9 Å². The smallest absolute Gasteiger partial charge is 0.335 e. The average molecular weight is 366 g/mol. The first kappa shape index (κ1) is 38.1. The summed E-state index contributed by atoms with van der Waals surface area (Å²) in [4.78, 5) is 41.1. The van der Waals surface area contributed by atoms with Crippen molar-refractivity contribution in [3.8, 4) is 0 Å². The van der Waals surface area contributed by atoms with Gasteiger partial charge in [-0.1, -0.05) is 42.9 Å². The van der Waals surface area contributed by atoms with Gasteiger partial charge in [-0.05, 0) is 6.92 Å². The molecule has 0 aliphatic heterocycles. The second-order valence-corrected chi connectivity index (χ2v) is 3.39. The Hall–Kier alpha value is -2.64. The minimum Gasteiger partial charge on any atom is -0.428 e. The summed E-state index contributed by atoms with van der Waals surface area (Å²) in [6.07, 6.45) is 0.990. The fourth-order valence-corrected chi connectivity index (χ4v) is 0.519. The highest BCUT2D eigenvalue weighted by atomic mass is 16.7. The van der Waals surface area contributed by atoms with Crippen molar-refractivity contribution >= 4 is 23.9 Å². The second kappa shape index (κ2) is 23.6. The quantitative estimate of drug-likeness (QED) is 0.400. The number of carbonyl (C=O) groups is 4. The zero-order valence-corrected chi connectivity index (χ0v) is 12.2. The first-order chi connectivity index (χ1) is 9.70. The van der Waals surface area contributed by atoms with E-state index in [2.05, 4.69) is 32.1 Å². The Kier molecular flexibility index (Phi) is 36.0. The van der Waals surface area contributed by atoms with Gasteiger partial charge in [0, 0.05) is 25.5 Å². The molecule has 25 heavy (non-hydrogen) atoms. The van der Waals surface area contributed by atoms with E-state index in [9.17, 15) is 19.2 Å². The minimum absolute atomic E-state index is 0. The molecule has 0 atom stereocenters. The third-order valence-corrected chi connectivity index (χ3v) is 1.43. The van der Waals surface area contributed by atoms with Crippen molar-refractivity contribution in [2.75, 3.05) is 13.6 Å². The molecule has 0 aromatic heterocycles. The number of carbonyl (C=O) groups excluding carboxylic acids is 4. The van der Waals surface area contributed by atoms with Crippen LogP contribution < -0.4 is 0 Å². The number of hydrogen-bond acceptors (Lipinski definition) is 8. The Morgan fingerprint density at radius 3 is 1.40 bits per heavy atom. The van der Waals surface area contributed by atoms with E-state index in [1.165, 1.54) is 20.8 Å². The van der Waals surface area contributed by atoms with Crippen molar-refractivity contribution in [2.24, 2.45) is 0 Å². The van der Waals surface area contributed by atoms with Gasteiger partial charge >= 0.3 is 23.9 Å². The Balaban J connectivity index is -0.0000000624. The van der Waals surface area contributed by atoms with Crippen LogP contribution in [0.25, 0.3) is 0 Å². The van der Waals surface area contributed by atoms with Crippen LogP contribution in [0.1, 0.15) is 50.5 Å². The molecule has 8 heteroatoms. The zero-order valence-electron chi connectivity index (χ0n) is 12.2. The number of rotatable bonds is 6. The van der Waals surface area contributed by atoms with Crippen molar-refractivity contribution in [2.45, 2.75) is 50.5 Å². The lowest BCUT2D eigenvalue weighted by atomic mass is 10.4. The molecule has 0 bridgehead atoms. The number of ether oxygens (including phenoxy) is 4. The summed E-state index contributed by atoms with van der Waals surface area (Å²) in [6, 6.07) is 0. The Morgan fingerprint density at radius 2 is 1.12 bits per heavy atom. The summed E-state index contributed by atoms with van der Waals surface area (Å²) in [5.74, 6) is -2.15. The average Bonchev–Trinajstić information content (AvgIpc) is 2.38. The SMILES string of the molecule is C.C.C.C.C=C(C)C(=O)OCOC(C)=O.C=CC(=O)OCOC(C)=O.